The molecule has 0 bridgehead atoms. The molecule has 1 aromatic rings. The smallest absolute Gasteiger partial charge is 0.271 e. The lowest BCUT2D eigenvalue weighted by Crippen LogP contribution is -2.31. The van der Waals surface area contributed by atoms with Gasteiger partial charge in [0.1, 0.15) is 0 Å². The van der Waals surface area contributed by atoms with Gasteiger partial charge in [-0.1, -0.05) is 19.8 Å². The Hall–Kier alpha value is -1.69. The average Bonchev–Trinajstić information content (AvgIpc) is 2.81. The molecule has 0 aromatic carbocycles. The molecule has 2 rings (SSSR count). The third-order valence-corrected chi connectivity index (χ3v) is 3.61. The van der Waals surface area contributed by atoms with Crippen molar-refractivity contribution < 1.29 is 4.79 Å². The minimum atomic E-state index is -0.176. The maximum atomic E-state index is 11.8. The SMILES string of the molecule is CC1CCCC1CNC(=O)c1ccc(NN)nn1. The van der Waals surface area contributed by atoms with Crippen molar-refractivity contribution in [2.24, 2.45) is 17.7 Å². The quantitative estimate of drug-likeness (QED) is 0.545. The minimum absolute atomic E-state index is 0.176. The van der Waals surface area contributed by atoms with Gasteiger partial charge in [0.05, 0.1) is 0 Å². The zero-order valence-electron chi connectivity index (χ0n) is 10.5. The fourth-order valence-electron chi connectivity index (χ4n) is 2.37. The van der Waals surface area contributed by atoms with Crippen LogP contribution in [0, 0.1) is 11.8 Å². The highest BCUT2D eigenvalue weighted by Gasteiger charge is 2.23. The lowest BCUT2D eigenvalue weighted by molar-refractivity contribution is 0.0938. The van der Waals surface area contributed by atoms with E-state index < -0.39 is 0 Å². The molecular weight excluding hydrogens is 230 g/mol. The Kier molecular flexibility index (Phi) is 4.09. The Morgan fingerprint density at radius 1 is 1.44 bits per heavy atom. The van der Waals surface area contributed by atoms with Gasteiger partial charge in [-0.3, -0.25) is 4.79 Å². The van der Waals surface area contributed by atoms with Crippen molar-refractivity contribution in [1.29, 1.82) is 0 Å². The predicted octanol–water partition coefficient (Wildman–Crippen LogP) is 0.928. The number of hydrogen-bond acceptors (Lipinski definition) is 5. The highest BCUT2D eigenvalue weighted by atomic mass is 16.1. The summed E-state index contributed by atoms with van der Waals surface area (Å²) < 4.78 is 0. The molecule has 2 unspecified atom stereocenters. The van der Waals surface area contributed by atoms with Gasteiger partial charge >= 0.3 is 0 Å². The Balaban J connectivity index is 1.87. The lowest BCUT2D eigenvalue weighted by atomic mass is 9.98. The number of hydrazine groups is 1. The number of aromatic nitrogens is 2. The standard InChI is InChI=1S/C12H19N5O/c1-8-3-2-4-9(8)7-14-12(18)10-5-6-11(15-13)17-16-10/h5-6,8-9H,2-4,7,13H2,1H3,(H,14,18)(H,15,17). The van der Waals surface area contributed by atoms with Crippen LogP contribution >= 0.6 is 0 Å². The molecule has 98 valence electrons. The van der Waals surface area contributed by atoms with Crippen LogP contribution in [0.3, 0.4) is 0 Å². The number of carbonyl (C=O) groups excluding carboxylic acids is 1. The van der Waals surface area contributed by atoms with Gasteiger partial charge < -0.3 is 10.7 Å². The van der Waals surface area contributed by atoms with Crippen LogP contribution in [0.5, 0.6) is 0 Å². The van der Waals surface area contributed by atoms with Crippen molar-refractivity contribution in [2.45, 2.75) is 26.2 Å². The Morgan fingerprint density at radius 2 is 2.28 bits per heavy atom. The molecule has 1 aromatic heterocycles. The Morgan fingerprint density at radius 3 is 2.83 bits per heavy atom. The Labute approximate surface area is 106 Å². The molecule has 6 heteroatoms. The number of nitrogen functional groups attached to an aromatic ring is 1. The molecule has 4 N–H and O–H groups in total. The van der Waals surface area contributed by atoms with E-state index in [9.17, 15) is 4.79 Å². The van der Waals surface area contributed by atoms with E-state index in [2.05, 4.69) is 27.9 Å². The molecule has 6 nitrogen and oxygen atoms in total. The van der Waals surface area contributed by atoms with Gasteiger partial charge in [0.25, 0.3) is 5.91 Å². The van der Waals surface area contributed by atoms with E-state index >= 15 is 0 Å². The van der Waals surface area contributed by atoms with Crippen LogP contribution in [-0.4, -0.2) is 22.6 Å². The summed E-state index contributed by atoms with van der Waals surface area (Å²) >= 11 is 0. The van der Waals surface area contributed by atoms with Gasteiger partial charge in [-0.2, -0.15) is 0 Å². The molecular formula is C12H19N5O. The Bertz CT molecular complexity index is 405. The molecule has 18 heavy (non-hydrogen) atoms. The van der Waals surface area contributed by atoms with Crippen LogP contribution in [-0.2, 0) is 0 Å². The van der Waals surface area contributed by atoms with Crippen LogP contribution in [0.4, 0.5) is 5.82 Å². The first-order valence-corrected chi connectivity index (χ1v) is 6.29. The average molecular weight is 249 g/mol. The van der Waals surface area contributed by atoms with Crippen molar-refractivity contribution in [2.75, 3.05) is 12.0 Å². The number of rotatable bonds is 4. The second kappa shape index (κ2) is 5.77. The van der Waals surface area contributed by atoms with Crippen LogP contribution in [0.2, 0.25) is 0 Å². The molecule has 1 amide bonds. The van der Waals surface area contributed by atoms with Crippen molar-refractivity contribution in [3.63, 3.8) is 0 Å². The van der Waals surface area contributed by atoms with Crippen molar-refractivity contribution in [3.8, 4) is 0 Å². The molecule has 1 heterocycles. The number of anilines is 1. The van der Waals surface area contributed by atoms with Crippen molar-refractivity contribution in [3.05, 3.63) is 17.8 Å². The second-order valence-corrected chi connectivity index (χ2v) is 4.83. The van der Waals surface area contributed by atoms with Crippen LogP contribution in [0.15, 0.2) is 12.1 Å². The maximum absolute atomic E-state index is 11.8. The summed E-state index contributed by atoms with van der Waals surface area (Å²) in [5, 5.41) is 10.5. The summed E-state index contributed by atoms with van der Waals surface area (Å²) in [6, 6.07) is 3.23. The molecule has 0 spiro atoms. The zero-order chi connectivity index (χ0) is 13.0. The van der Waals surface area contributed by atoms with E-state index in [0.29, 0.717) is 23.3 Å². The van der Waals surface area contributed by atoms with Crippen LogP contribution in [0.1, 0.15) is 36.7 Å². The van der Waals surface area contributed by atoms with E-state index in [4.69, 9.17) is 5.84 Å². The number of nitrogens with one attached hydrogen (secondary N) is 2. The molecule has 1 fully saturated rings. The molecule has 0 aliphatic heterocycles. The van der Waals surface area contributed by atoms with Crippen molar-refractivity contribution in [1.82, 2.24) is 15.5 Å². The first-order valence-electron chi connectivity index (χ1n) is 6.29. The number of amides is 1. The zero-order valence-corrected chi connectivity index (χ0v) is 10.5. The molecule has 1 aliphatic carbocycles. The van der Waals surface area contributed by atoms with Crippen molar-refractivity contribution >= 4 is 11.7 Å². The van der Waals surface area contributed by atoms with E-state index in [1.165, 1.54) is 19.3 Å². The number of hydrogen-bond donors (Lipinski definition) is 3. The topological polar surface area (TPSA) is 92.9 Å². The lowest BCUT2D eigenvalue weighted by Gasteiger charge is -2.15. The summed E-state index contributed by atoms with van der Waals surface area (Å²) in [7, 11) is 0. The van der Waals surface area contributed by atoms with Gasteiger partial charge in [0.15, 0.2) is 11.5 Å². The van der Waals surface area contributed by atoms with Crippen LogP contribution < -0.4 is 16.6 Å². The molecule has 2 atom stereocenters. The summed E-state index contributed by atoms with van der Waals surface area (Å²) in [5.74, 6) is 6.73. The number of nitrogens with two attached hydrogens (primary N) is 1. The third-order valence-electron chi connectivity index (χ3n) is 3.61. The van der Waals surface area contributed by atoms with E-state index in [0.717, 1.165) is 6.54 Å². The number of carbonyl (C=O) groups is 1. The van der Waals surface area contributed by atoms with E-state index in [1.807, 2.05) is 0 Å². The molecule has 0 saturated heterocycles. The normalized spacial score (nSPS) is 22.8. The van der Waals surface area contributed by atoms with Gasteiger partial charge in [-0.15, -0.1) is 10.2 Å². The first-order chi connectivity index (χ1) is 8.70. The van der Waals surface area contributed by atoms with Crippen LogP contribution in [0.25, 0.3) is 0 Å². The number of nitrogens with zero attached hydrogens (tertiary/aromatic N) is 2. The fraction of sp³-hybridized carbons (Fsp3) is 0.583. The monoisotopic (exact) mass is 249 g/mol. The van der Waals surface area contributed by atoms with Gasteiger partial charge in [0, 0.05) is 6.54 Å². The maximum Gasteiger partial charge on any atom is 0.271 e. The largest absolute Gasteiger partial charge is 0.350 e. The first kappa shape index (κ1) is 12.8. The molecule has 1 saturated carbocycles. The second-order valence-electron chi connectivity index (χ2n) is 4.83. The summed E-state index contributed by atoms with van der Waals surface area (Å²) in [6.45, 7) is 2.96. The molecule has 0 radical (unpaired) electrons. The summed E-state index contributed by atoms with van der Waals surface area (Å²) in [5.41, 5.74) is 2.69. The minimum Gasteiger partial charge on any atom is -0.350 e. The van der Waals surface area contributed by atoms with Gasteiger partial charge in [-0.25, -0.2) is 5.84 Å². The summed E-state index contributed by atoms with van der Waals surface area (Å²) in [6.07, 6.45) is 3.72. The summed E-state index contributed by atoms with van der Waals surface area (Å²) in [4.78, 5) is 11.8. The molecule has 1 aliphatic rings. The predicted molar refractivity (Wildman–Crippen MR) is 68.7 cm³/mol. The van der Waals surface area contributed by atoms with Gasteiger partial charge in [0.2, 0.25) is 0 Å². The van der Waals surface area contributed by atoms with E-state index in [1.54, 1.807) is 12.1 Å². The van der Waals surface area contributed by atoms with Gasteiger partial charge in [-0.05, 0) is 30.4 Å². The third kappa shape index (κ3) is 2.95. The van der Waals surface area contributed by atoms with E-state index in [-0.39, 0.29) is 5.91 Å². The highest BCUT2D eigenvalue weighted by Crippen LogP contribution is 2.30. The highest BCUT2D eigenvalue weighted by molar-refractivity contribution is 5.92. The fourth-order valence-corrected chi connectivity index (χ4v) is 2.37.